The third kappa shape index (κ3) is 2.21. The number of alkyl halides is 3. The van der Waals surface area contributed by atoms with Gasteiger partial charge in [-0.15, -0.1) is 0 Å². The van der Waals surface area contributed by atoms with Crippen molar-refractivity contribution in [3.63, 3.8) is 0 Å². The third-order valence-electron chi connectivity index (χ3n) is 2.95. The fourth-order valence-corrected chi connectivity index (χ4v) is 2.11. The molecule has 3 amide bonds. The van der Waals surface area contributed by atoms with Crippen molar-refractivity contribution in [1.82, 2.24) is 14.7 Å². The molecular weight excluding hydrogens is 239 g/mol. The molecule has 0 aromatic rings. The number of nitrogens with zero attached hydrogens (tertiary/aromatic N) is 3. The molecule has 2 aliphatic heterocycles. The monoisotopic (exact) mass is 251 g/mol. The van der Waals surface area contributed by atoms with Crippen molar-refractivity contribution in [2.75, 3.05) is 33.2 Å². The predicted octanol–water partition coefficient (Wildman–Crippen LogP) is 0.127. The quantitative estimate of drug-likeness (QED) is 0.622. The van der Waals surface area contributed by atoms with Crippen molar-refractivity contribution < 1.29 is 22.8 Å². The van der Waals surface area contributed by atoms with Gasteiger partial charge < -0.3 is 9.80 Å². The van der Waals surface area contributed by atoms with Gasteiger partial charge in [-0.05, 0) is 7.05 Å². The molecule has 2 heterocycles. The van der Waals surface area contributed by atoms with Crippen LogP contribution in [0, 0.1) is 0 Å². The zero-order chi connectivity index (χ0) is 12.8. The van der Waals surface area contributed by atoms with Crippen LogP contribution in [0.4, 0.5) is 18.0 Å². The summed E-state index contributed by atoms with van der Waals surface area (Å²) in [7, 11) is 1.77. The van der Waals surface area contributed by atoms with Crippen LogP contribution in [0.25, 0.3) is 0 Å². The maximum Gasteiger partial charge on any atom is 0.406 e. The lowest BCUT2D eigenvalue weighted by Crippen LogP contribution is -2.51. The van der Waals surface area contributed by atoms with Gasteiger partial charge in [-0.25, -0.2) is 4.79 Å². The molecular formula is C9H12F3N3O2. The number of fused-ring (bicyclic) bond motifs is 1. The van der Waals surface area contributed by atoms with Gasteiger partial charge in [0, 0.05) is 19.6 Å². The van der Waals surface area contributed by atoms with Gasteiger partial charge >= 0.3 is 12.2 Å². The Morgan fingerprint density at radius 3 is 2.53 bits per heavy atom. The van der Waals surface area contributed by atoms with Gasteiger partial charge in [0.2, 0.25) is 0 Å². The second-order valence-electron chi connectivity index (χ2n) is 4.29. The Labute approximate surface area is 95.7 Å². The number of hydrogen-bond acceptors (Lipinski definition) is 3. The Morgan fingerprint density at radius 2 is 1.94 bits per heavy atom. The summed E-state index contributed by atoms with van der Waals surface area (Å²) in [6.07, 6.45) is -4.55. The lowest BCUT2D eigenvalue weighted by atomic mass is 10.2. The highest BCUT2D eigenvalue weighted by molar-refractivity contribution is 6.04. The summed E-state index contributed by atoms with van der Waals surface area (Å²) >= 11 is 0. The van der Waals surface area contributed by atoms with Gasteiger partial charge in [-0.3, -0.25) is 9.69 Å². The summed E-state index contributed by atoms with van der Waals surface area (Å²) < 4.78 is 36.7. The number of halogens is 3. The minimum Gasteiger partial charge on any atom is -0.310 e. The second kappa shape index (κ2) is 3.86. The number of urea groups is 1. The first-order chi connectivity index (χ1) is 7.79. The van der Waals surface area contributed by atoms with Crippen molar-refractivity contribution in [2.24, 2.45) is 0 Å². The van der Waals surface area contributed by atoms with E-state index in [0.29, 0.717) is 24.5 Å². The van der Waals surface area contributed by atoms with Crippen LogP contribution in [0.15, 0.2) is 0 Å². The summed E-state index contributed by atoms with van der Waals surface area (Å²) in [6.45, 7) is -0.351. The number of imide groups is 1. The van der Waals surface area contributed by atoms with E-state index in [0.717, 1.165) is 0 Å². The fraction of sp³-hybridized carbons (Fsp3) is 0.778. The van der Waals surface area contributed by atoms with E-state index < -0.39 is 30.7 Å². The number of rotatable bonds is 1. The maximum atomic E-state index is 12.2. The second-order valence-corrected chi connectivity index (χ2v) is 4.29. The normalized spacial score (nSPS) is 26.7. The molecule has 0 spiro atoms. The molecule has 0 bridgehead atoms. The maximum absolute atomic E-state index is 12.2. The first kappa shape index (κ1) is 12.2. The lowest BCUT2D eigenvalue weighted by molar-refractivity contribution is -0.153. The summed E-state index contributed by atoms with van der Waals surface area (Å²) in [5.74, 6) is -0.751. The Hall–Kier alpha value is -1.31. The zero-order valence-electron chi connectivity index (χ0n) is 9.20. The van der Waals surface area contributed by atoms with Crippen molar-refractivity contribution in [3.8, 4) is 0 Å². The van der Waals surface area contributed by atoms with E-state index >= 15 is 0 Å². The smallest absolute Gasteiger partial charge is 0.310 e. The highest BCUT2D eigenvalue weighted by atomic mass is 19.4. The Kier molecular flexibility index (Phi) is 2.76. The molecule has 0 aliphatic carbocycles. The number of hydrogen-bond donors (Lipinski definition) is 0. The molecule has 8 heteroatoms. The minimum atomic E-state index is -4.55. The van der Waals surface area contributed by atoms with Crippen molar-refractivity contribution in [1.29, 1.82) is 0 Å². The molecule has 0 radical (unpaired) electrons. The third-order valence-corrected chi connectivity index (χ3v) is 2.95. The van der Waals surface area contributed by atoms with Crippen LogP contribution < -0.4 is 0 Å². The summed E-state index contributed by atoms with van der Waals surface area (Å²) in [5, 5.41) is 0. The number of likely N-dealkylation sites (N-methyl/N-ethyl adjacent to an activating group) is 1. The molecule has 0 aromatic heterocycles. The molecule has 2 aliphatic rings. The SMILES string of the molecule is CN1CCN2C(=O)N(CC(F)(F)F)C(=O)C2C1. The molecule has 96 valence electrons. The van der Waals surface area contributed by atoms with Crippen LogP contribution in [-0.4, -0.2) is 72.1 Å². The van der Waals surface area contributed by atoms with Gasteiger partial charge in [0.15, 0.2) is 0 Å². The molecule has 1 atom stereocenters. The van der Waals surface area contributed by atoms with Gasteiger partial charge in [0.05, 0.1) is 0 Å². The van der Waals surface area contributed by atoms with Gasteiger partial charge in [-0.2, -0.15) is 13.2 Å². The fourth-order valence-electron chi connectivity index (χ4n) is 2.11. The number of carbonyl (C=O) groups is 2. The predicted molar refractivity (Wildman–Crippen MR) is 51.2 cm³/mol. The molecule has 2 fully saturated rings. The van der Waals surface area contributed by atoms with E-state index in [-0.39, 0.29) is 0 Å². The van der Waals surface area contributed by atoms with Crippen molar-refractivity contribution >= 4 is 11.9 Å². The van der Waals surface area contributed by atoms with Crippen LogP contribution in [0.2, 0.25) is 0 Å². The van der Waals surface area contributed by atoms with Gasteiger partial charge in [-0.1, -0.05) is 0 Å². The molecule has 2 saturated heterocycles. The molecule has 5 nitrogen and oxygen atoms in total. The van der Waals surface area contributed by atoms with E-state index in [1.165, 1.54) is 4.90 Å². The van der Waals surface area contributed by atoms with E-state index in [2.05, 4.69) is 0 Å². The van der Waals surface area contributed by atoms with Crippen LogP contribution in [0.1, 0.15) is 0 Å². The largest absolute Gasteiger partial charge is 0.406 e. The lowest BCUT2D eigenvalue weighted by Gasteiger charge is -2.32. The Balaban J connectivity index is 2.16. The number of carbonyl (C=O) groups excluding carboxylic acids is 2. The van der Waals surface area contributed by atoms with E-state index in [9.17, 15) is 22.8 Å². The molecule has 1 unspecified atom stereocenters. The standard InChI is InChI=1S/C9H12F3N3O2/c1-13-2-3-14-6(4-13)7(16)15(8(14)17)5-9(10,11)12/h6H,2-5H2,1H3. The molecule has 0 saturated carbocycles. The molecule has 2 rings (SSSR count). The van der Waals surface area contributed by atoms with Crippen LogP contribution in [0.3, 0.4) is 0 Å². The summed E-state index contributed by atoms with van der Waals surface area (Å²) in [4.78, 5) is 26.7. The van der Waals surface area contributed by atoms with E-state index in [1.54, 1.807) is 7.05 Å². The van der Waals surface area contributed by atoms with Crippen LogP contribution in [-0.2, 0) is 4.79 Å². The Bertz CT molecular complexity index is 358. The van der Waals surface area contributed by atoms with E-state index in [4.69, 9.17) is 0 Å². The topological polar surface area (TPSA) is 43.9 Å². The van der Waals surface area contributed by atoms with Crippen molar-refractivity contribution in [3.05, 3.63) is 0 Å². The zero-order valence-corrected chi connectivity index (χ0v) is 9.20. The number of piperazine rings is 1. The molecule has 0 aromatic carbocycles. The van der Waals surface area contributed by atoms with Gasteiger partial charge in [0.25, 0.3) is 5.91 Å². The highest BCUT2D eigenvalue weighted by Crippen LogP contribution is 2.25. The molecule has 0 N–H and O–H groups in total. The van der Waals surface area contributed by atoms with Crippen LogP contribution in [0.5, 0.6) is 0 Å². The summed E-state index contributed by atoms with van der Waals surface area (Å²) in [6, 6.07) is -1.59. The van der Waals surface area contributed by atoms with Crippen molar-refractivity contribution in [2.45, 2.75) is 12.2 Å². The van der Waals surface area contributed by atoms with E-state index in [1.807, 2.05) is 4.90 Å². The van der Waals surface area contributed by atoms with Crippen LogP contribution >= 0.6 is 0 Å². The highest BCUT2D eigenvalue weighted by Gasteiger charge is 2.50. The summed E-state index contributed by atoms with van der Waals surface area (Å²) in [5.41, 5.74) is 0. The minimum absolute atomic E-state index is 0.291. The first-order valence-corrected chi connectivity index (χ1v) is 5.17. The average Bonchev–Trinajstić information content (AvgIpc) is 2.42. The first-order valence-electron chi connectivity index (χ1n) is 5.17. The van der Waals surface area contributed by atoms with Gasteiger partial charge in [0.1, 0.15) is 12.6 Å². The molecule has 17 heavy (non-hydrogen) atoms. The average molecular weight is 251 g/mol. The number of amides is 3. The Morgan fingerprint density at radius 1 is 1.29 bits per heavy atom.